The molecule has 0 aliphatic heterocycles. The maximum absolute atomic E-state index is 13.0. The first-order valence-corrected chi connectivity index (χ1v) is 5.09. The second-order valence-corrected chi connectivity index (χ2v) is 4.61. The quantitative estimate of drug-likeness (QED) is 0.767. The van der Waals surface area contributed by atoms with Crippen molar-refractivity contribution in [2.75, 3.05) is 0 Å². The first-order valence-electron chi connectivity index (χ1n) is 5.09. The molecule has 0 heterocycles. The summed E-state index contributed by atoms with van der Waals surface area (Å²) in [5, 5.41) is 0. The molecule has 2 atom stereocenters. The van der Waals surface area contributed by atoms with Gasteiger partial charge in [-0.15, -0.1) is 0 Å². The van der Waals surface area contributed by atoms with Gasteiger partial charge in [0.2, 0.25) is 0 Å². The van der Waals surface area contributed by atoms with Gasteiger partial charge in [-0.2, -0.15) is 0 Å². The molecule has 0 radical (unpaired) electrons. The van der Waals surface area contributed by atoms with Crippen LogP contribution in [0.1, 0.15) is 25.8 Å². The van der Waals surface area contributed by atoms with Crippen LogP contribution in [-0.2, 0) is 5.54 Å². The summed E-state index contributed by atoms with van der Waals surface area (Å²) in [5.74, 6) is 0.884. The highest BCUT2D eigenvalue weighted by atomic mass is 19.1. The molecule has 0 saturated heterocycles. The van der Waals surface area contributed by atoms with Gasteiger partial charge in [0.1, 0.15) is 5.82 Å². The fourth-order valence-corrected chi connectivity index (χ4v) is 2.25. The van der Waals surface area contributed by atoms with Gasteiger partial charge in [0.15, 0.2) is 0 Å². The third-order valence-corrected chi connectivity index (χ3v) is 3.23. The topological polar surface area (TPSA) is 26.0 Å². The Kier molecular flexibility index (Phi) is 2.11. The van der Waals surface area contributed by atoms with Crippen molar-refractivity contribution in [3.63, 3.8) is 0 Å². The number of hydrogen-bond acceptors (Lipinski definition) is 1. The lowest BCUT2D eigenvalue weighted by Crippen LogP contribution is -2.23. The number of benzene rings is 1. The van der Waals surface area contributed by atoms with Crippen molar-refractivity contribution in [3.8, 4) is 0 Å². The average Bonchev–Trinajstić information content (AvgIpc) is 2.80. The Balaban J connectivity index is 2.25. The van der Waals surface area contributed by atoms with E-state index in [2.05, 4.69) is 13.8 Å². The number of rotatable bonds is 2. The number of halogens is 1. The Morgan fingerprint density at radius 2 is 2.21 bits per heavy atom. The number of hydrogen-bond donors (Lipinski definition) is 1. The SMILES string of the molecule is CC(C)C1CC1(N)c1cccc(F)c1. The Hall–Kier alpha value is -0.890. The molecule has 1 fully saturated rings. The van der Waals surface area contributed by atoms with Gasteiger partial charge in [0.25, 0.3) is 0 Å². The standard InChI is InChI=1S/C12H16FN/c1-8(2)11-7-12(11,14)9-4-3-5-10(13)6-9/h3-6,8,11H,7,14H2,1-2H3. The van der Waals surface area contributed by atoms with Crippen molar-refractivity contribution in [3.05, 3.63) is 35.6 Å². The summed E-state index contributed by atoms with van der Waals surface area (Å²) in [4.78, 5) is 0. The smallest absolute Gasteiger partial charge is 0.123 e. The third kappa shape index (κ3) is 1.44. The zero-order chi connectivity index (χ0) is 10.3. The van der Waals surface area contributed by atoms with Crippen LogP contribution in [0.25, 0.3) is 0 Å². The van der Waals surface area contributed by atoms with Gasteiger partial charge in [-0.3, -0.25) is 0 Å². The molecular formula is C12H16FN. The molecule has 2 N–H and O–H groups in total. The van der Waals surface area contributed by atoms with Crippen LogP contribution in [-0.4, -0.2) is 0 Å². The minimum atomic E-state index is -0.268. The predicted molar refractivity (Wildman–Crippen MR) is 55.2 cm³/mol. The molecule has 0 spiro atoms. The van der Waals surface area contributed by atoms with Crippen molar-refractivity contribution in [2.24, 2.45) is 17.6 Å². The van der Waals surface area contributed by atoms with Crippen molar-refractivity contribution in [2.45, 2.75) is 25.8 Å². The fourth-order valence-electron chi connectivity index (χ4n) is 2.25. The fraction of sp³-hybridized carbons (Fsp3) is 0.500. The Morgan fingerprint density at radius 3 is 2.71 bits per heavy atom. The van der Waals surface area contributed by atoms with Crippen molar-refractivity contribution >= 4 is 0 Å². The molecule has 1 aromatic carbocycles. The van der Waals surface area contributed by atoms with E-state index in [1.165, 1.54) is 6.07 Å². The van der Waals surface area contributed by atoms with E-state index in [1.807, 2.05) is 6.07 Å². The van der Waals surface area contributed by atoms with Crippen molar-refractivity contribution in [1.82, 2.24) is 0 Å². The zero-order valence-corrected chi connectivity index (χ0v) is 8.63. The summed E-state index contributed by atoms with van der Waals surface area (Å²) in [7, 11) is 0. The van der Waals surface area contributed by atoms with Gasteiger partial charge >= 0.3 is 0 Å². The molecule has 76 valence electrons. The van der Waals surface area contributed by atoms with Gasteiger partial charge in [-0.25, -0.2) is 4.39 Å². The molecule has 0 amide bonds. The van der Waals surface area contributed by atoms with E-state index in [0.29, 0.717) is 11.8 Å². The second kappa shape index (κ2) is 3.06. The molecule has 0 aromatic heterocycles. The molecule has 1 nitrogen and oxygen atoms in total. The van der Waals surface area contributed by atoms with Crippen LogP contribution in [0.4, 0.5) is 4.39 Å². The van der Waals surface area contributed by atoms with Crippen LogP contribution in [0.5, 0.6) is 0 Å². The molecule has 1 aromatic rings. The normalized spacial score (nSPS) is 30.8. The maximum atomic E-state index is 13.0. The van der Waals surface area contributed by atoms with E-state index in [-0.39, 0.29) is 11.4 Å². The van der Waals surface area contributed by atoms with E-state index in [4.69, 9.17) is 5.73 Å². The van der Waals surface area contributed by atoms with Gasteiger partial charge < -0.3 is 5.73 Å². The van der Waals surface area contributed by atoms with E-state index >= 15 is 0 Å². The molecule has 1 saturated carbocycles. The molecule has 2 rings (SSSR count). The molecule has 2 unspecified atom stereocenters. The van der Waals surface area contributed by atoms with Gasteiger partial charge in [-0.05, 0) is 36.0 Å². The summed E-state index contributed by atoms with van der Waals surface area (Å²) in [6.45, 7) is 4.33. The monoisotopic (exact) mass is 193 g/mol. The minimum Gasteiger partial charge on any atom is -0.321 e. The Labute approximate surface area is 84.1 Å². The molecule has 1 aliphatic rings. The van der Waals surface area contributed by atoms with Crippen LogP contribution < -0.4 is 5.73 Å². The van der Waals surface area contributed by atoms with Crippen LogP contribution >= 0.6 is 0 Å². The van der Waals surface area contributed by atoms with Gasteiger partial charge in [-0.1, -0.05) is 26.0 Å². The average molecular weight is 193 g/mol. The molecule has 1 aliphatic carbocycles. The third-order valence-electron chi connectivity index (χ3n) is 3.23. The van der Waals surface area contributed by atoms with Crippen LogP contribution in [0, 0.1) is 17.7 Å². The van der Waals surface area contributed by atoms with Crippen LogP contribution in [0.15, 0.2) is 24.3 Å². The summed E-state index contributed by atoms with van der Waals surface area (Å²) < 4.78 is 13.0. The van der Waals surface area contributed by atoms with E-state index in [1.54, 1.807) is 12.1 Å². The van der Waals surface area contributed by atoms with E-state index in [0.717, 1.165) is 12.0 Å². The molecule has 2 heteroatoms. The van der Waals surface area contributed by atoms with E-state index < -0.39 is 0 Å². The van der Waals surface area contributed by atoms with Crippen molar-refractivity contribution in [1.29, 1.82) is 0 Å². The highest BCUT2D eigenvalue weighted by Gasteiger charge is 2.53. The highest BCUT2D eigenvalue weighted by molar-refractivity contribution is 5.32. The molecule has 0 bridgehead atoms. The lowest BCUT2D eigenvalue weighted by molar-refractivity contribution is 0.486. The largest absolute Gasteiger partial charge is 0.321 e. The summed E-state index contributed by atoms with van der Waals surface area (Å²) in [6.07, 6.45) is 0.980. The summed E-state index contributed by atoms with van der Waals surface area (Å²) in [5.41, 5.74) is 6.89. The zero-order valence-electron chi connectivity index (χ0n) is 8.63. The van der Waals surface area contributed by atoms with E-state index in [9.17, 15) is 4.39 Å². The Morgan fingerprint density at radius 1 is 1.50 bits per heavy atom. The highest BCUT2D eigenvalue weighted by Crippen LogP contribution is 2.53. The molecular weight excluding hydrogens is 177 g/mol. The first kappa shape index (κ1) is 9.66. The minimum absolute atomic E-state index is 0.193. The van der Waals surface area contributed by atoms with Crippen LogP contribution in [0.2, 0.25) is 0 Å². The summed E-state index contributed by atoms with van der Waals surface area (Å²) >= 11 is 0. The lowest BCUT2D eigenvalue weighted by atomic mass is 9.98. The van der Waals surface area contributed by atoms with Crippen molar-refractivity contribution < 1.29 is 4.39 Å². The predicted octanol–water partition coefficient (Wildman–Crippen LogP) is 2.66. The second-order valence-electron chi connectivity index (χ2n) is 4.61. The Bertz CT molecular complexity index is 348. The van der Waals surface area contributed by atoms with Gasteiger partial charge in [0.05, 0.1) is 0 Å². The molecule has 14 heavy (non-hydrogen) atoms. The van der Waals surface area contributed by atoms with Crippen LogP contribution in [0.3, 0.4) is 0 Å². The number of nitrogens with two attached hydrogens (primary N) is 1. The lowest BCUT2D eigenvalue weighted by Gasteiger charge is -2.13. The summed E-state index contributed by atoms with van der Waals surface area (Å²) in [6, 6.07) is 6.67. The maximum Gasteiger partial charge on any atom is 0.123 e. The first-order chi connectivity index (χ1) is 6.54. The van der Waals surface area contributed by atoms with Gasteiger partial charge in [0, 0.05) is 5.54 Å².